The molecule has 0 unspecified atom stereocenters. The van der Waals surface area contributed by atoms with E-state index in [1.807, 2.05) is 22.7 Å². The molecule has 0 saturated carbocycles. The first kappa shape index (κ1) is 23.4. The Labute approximate surface area is 236 Å². The molecule has 0 aliphatic rings. The number of rotatable bonds is 5. The summed E-state index contributed by atoms with van der Waals surface area (Å²) < 4.78 is 5.53. The molecule has 2 heterocycles. The van der Waals surface area contributed by atoms with Gasteiger partial charge in [0.15, 0.2) is 0 Å². The Morgan fingerprint density at radius 2 is 0.949 bits per heavy atom. The average molecular weight is 539 g/mol. The molecule has 0 radical (unpaired) electrons. The van der Waals surface area contributed by atoms with Crippen molar-refractivity contribution in [2.75, 3.05) is 0 Å². The van der Waals surface area contributed by atoms with Crippen LogP contribution in [0.2, 0.25) is 0 Å². The molecule has 0 aliphatic carbocycles. The molecular formula is C37H30S2. The van der Waals surface area contributed by atoms with Crippen molar-refractivity contribution in [2.45, 2.75) is 46.0 Å². The number of fused-ring (bicyclic) bond motifs is 9. The van der Waals surface area contributed by atoms with Gasteiger partial charge in [0.1, 0.15) is 0 Å². The summed E-state index contributed by atoms with van der Waals surface area (Å²) in [4.78, 5) is 0. The van der Waals surface area contributed by atoms with Crippen LogP contribution in [0.25, 0.3) is 72.7 Å². The summed E-state index contributed by atoms with van der Waals surface area (Å²) in [6, 6.07) is 33.2. The molecule has 0 atom stereocenters. The number of thiophene rings is 2. The zero-order valence-electron chi connectivity index (χ0n) is 22.4. The third kappa shape index (κ3) is 3.92. The van der Waals surface area contributed by atoms with Gasteiger partial charge in [0.25, 0.3) is 0 Å². The van der Waals surface area contributed by atoms with E-state index in [-0.39, 0.29) is 0 Å². The summed E-state index contributed by atoms with van der Waals surface area (Å²) in [7, 11) is 0. The standard InChI is InChI=1S/C37H30S2/c1-3-4-5-6-7-23-9-11-25-15-31-33-17-29-20-36-32(16-28(29)21-37(33)39-35(31)19-27(25)13-23)30-14-24-10-8-22(2)12-26(24)18-34(30)38-36/h8-21H,3-7H2,1-2H3. The molecular weight excluding hydrogens is 509 g/mol. The maximum absolute atomic E-state index is 2.43. The SMILES string of the molecule is CCCCCCc1ccc2cc3c(cc2c1)sc1cc2cc4c(cc2cc13)sc1cc2cc(C)ccc2cc14. The van der Waals surface area contributed by atoms with Crippen LogP contribution in [-0.4, -0.2) is 0 Å². The monoisotopic (exact) mass is 538 g/mol. The first-order valence-electron chi connectivity index (χ1n) is 14.2. The van der Waals surface area contributed by atoms with Gasteiger partial charge in [-0.15, -0.1) is 22.7 Å². The second kappa shape index (κ2) is 9.05. The van der Waals surface area contributed by atoms with Crippen molar-refractivity contribution in [2.24, 2.45) is 0 Å². The molecule has 190 valence electrons. The van der Waals surface area contributed by atoms with Gasteiger partial charge >= 0.3 is 0 Å². The molecule has 0 saturated heterocycles. The van der Waals surface area contributed by atoms with E-state index in [9.17, 15) is 0 Å². The number of hydrogen-bond donors (Lipinski definition) is 0. The van der Waals surface area contributed by atoms with Crippen molar-refractivity contribution in [3.8, 4) is 0 Å². The lowest BCUT2D eigenvalue weighted by atomic mass is 9.99. The van der Waals surface area contributed by atoms with Gasteiger partial charge in [0.05, 0.1) is 0 Å². The van der Waals surface area contributed by atoms with Crippen LogP contribution in [0.1, 0.15) is 43.7 Å². The number of aryl methyl sites for hydroxylation is 2. The van der Waals surface area contributed by atoms with E-state index in [0.717, 1.165) is 0 Å². The van der Waals surface area contributed by atoms with E-state index in [4.69, 9.17) is 0 Å². The van der Waals surface area contributed by atoms with Gasteiger partial charge in [-0.3, -0.25) is 0 Å². The minimum Gasteiger partial charge on any atom is -0.135 e. The van der Waals surface area contributed by atoms with Crippen LogP contribution in [0.5, 0.6) is 0 Å². The fourth-order valence-corrected chi connectivity index (χ4v) is 8.69. The predicted molar refractivity (Wildman–Crippen MR) is 177 cm³/mol. The smallest absolute Gasteiger partial charge is 0.0361 e. The van der Waals surface area contributed by atoms with Crippen molar-refractivity contribution in [1.82, 2.24) is 0 Å². The van der Waals surface area contributed by atoms with Crippen LogP contribution in [-0.2, 0) is 6.42 Å². The summed E-state index contributed by atoms with van der Waals surface area (Å²) in [5.41, 5.74) is 2.79. The largest absolute Gasteiger partial charge is 0.135 e. The van der Waals surface area contributed by atoms with Gasteiger partial charge in [-0.2, -0.15) is 0 Å². The lowest BCUT2D eigenvalue weighted by Crippen LogP contribution is -1.86. The highest BCUT2D eigenvalue weighted by molar-refractivity contribution is 7.26. The molecule has 0 bridgehead atoms. The molecule has 2 heteroatoms. The second-order valence-electron chi connectivity index (χ2n) is 11.3. The maximum atomic E-state index is 2.43. The van der Waals surface area contributed by atoms with Crippen molar-refractivity contribution in [1.29, 1.82) is 0 Å². The third-order valence-electron chi connectivity index (χ3n) is 8.47. The lowest BCUT2D eigenvalue weighted by molar-refractivity contribution is 0.667. The van der Waals surface area contributed by atoms with Gasteiger partial charge in [-0.05, 0) is 106 Å². The van der Waals surface area contributed by atoms with Crippen LogP contribution in [0.15, 0.2) is 84.9 Å². The highest BCUT2D eigenvalue weighted by Gasteiger charge is 2.12. The molecule has 0 amide bonds. The molecule has 8 aromatic rings. The van der Waals surface area contributed by atoms with Gasteiger partial charge in [0.2, 0.25) is 0 Å². The summed E-state index contributed by atoms with van der Waals surface area (Å²) in [6.07, 6.45) is 6.45. The summed E-state index contributed by atoms with van der Waals surface area (Å²) >= 11 is 3.86. The first-order valence-corrected chi connectivity index (χ1v) is 15.9. The number of hydrogen-bond acceptors (Lipinski definition) is 2. The third-order valence-corrected chi connectivity index (χ3v) is 10.7. The maximum Gasteiger partial charge on any atom is 0.0361 e. The average Bonchev–Trinajstić information content (AvgIpc) is 3.46. The van der Waals surface area contributed by atoms with Gasteiger partial charge in [-0.25, -0.2) is 0 Å². The Balaban J connectivity index is 1.27. The zero-order valence-corrected chi connectivity index (χ0v) is 24.1. The molecule has 6 aromatic carbocycles. The van der Waals surface area contributed by atoms with E-state index >= 15 is 0 Å². The van der Waals surface area contributed by atoms with Gasteiger partial charge < -0.3 is 0 Å². The molecule has 0 N–H and O–H groups in total. The highest BCUT2D eigenvalue weighted by Crippen LogP contribution is 2.42. The minimum atomic E-state index is 1.19. The summed E-state index contributed by atoms with van der Waals surface area (Å²) in [6.45, 7) is 4.45. The number of unbranched alkanes of at least 4 members (excludes halogenated alkanes) is 3. The highest BCUT2D eigenvalue weighted by atomic mass is 32.1. The Hall–Kier alpha value is -3.46. The molecule has 39 heavy (non-hydrogen) atoms. The molecule has 0 aliphatic heterocycles. The Kier molecular flexibility index (Phi) is 5.43. The van der Waals surface area contributed by atoms with Crippen LogP contribution in [0, 0.1) is 6.92 Å². The van der Waals surface area contributed by atoms with Crippen LogP contribution < -0.4 is 0 Å². The lowest BCUT2D eigenvalue weighted by Gasteiger charge is -2.05. The topological polar surface area (TPSA) is 0 Å². The molecule has 0 nitrogen and oxygen atoms in total. The van der Waals surface area contributed by atoms with E-state index < -0.39 is 0 Å². The van der Waals surface area contributed by atoms with E-state index in [1.54, 1.807) is 0 Å². The fraction of sp³-hybridized carbons (Fsp3) is 0.189. The van der Waals surface area contributed by atoms with Crippen molar-refractivity contribution in [3.05, 3.63) is 96.1 Å². The van der Waals surface area contributed by atoms with Crippen molar-refractivity contribution < 1.29 is 0 Å². The summed E-state index contributed by atoms with van der Waals surface area (Å²) in [5.74, 6) is 0. The van der Waals surface area contributed by atoms with E-state index in [1.165, 1.54) is 116 Å². The molecule has 0 spiro atoms. The Bertz CT molecular complexity index is 2220. The molecule has 2 aromatic heterocycles. The van der Waals surface area contributed by atoms with E-state index in [2.05, 4.69) is 98.8 Å². The quantitative estimate of drug-likeness (QED) is 0.191. The summed E-state index contributed by atoms with van der Waals surface area (Å²) in [5, 5.41) is 13.6. The van der Waals surface area contributed by atoms with Gasteiger partial charge in [-0.1, -0.05) is 68.1 Å². The van der Waals surface area contributed by atoms with Crippen LogP contribution in [0.4, 0.5) is 0 Å². The fourth-order valence-electron chi connectivity index (χ4n) is 6.36. The number of benzene rings is 6. The molecule has 8 rings (SSSR count). The first-order chi connectivity index (χ1) is 19.1. The predicted octanol–water partition coefficient (Wildman–Crippen LogP) is 12.3. The van der Waals surface area contributed by atoms with Crippen LogP contribution in [0.3, 0.4) is 0 Å². The molecule has 0 fully saturated rings. The normalized spacial score (nSPS) is 12.4. The van der Waals surface area contributed by atoms with Gasteiger partial charge in [0, 0.05) is 40.3 Å². The van der Waals surface area contributed by atoms with Crippen molar-refractivity contribution in [3.63, 3.8) is 0 Å². The van der Waals surface area contributed by atoms with Crippen LogP contribution >= 0.6 is 22.7 Å². The minimum absolute atomic E-state index is 1.19. The van der Waals surface area contributed by atoms with E-state index in [0.29, 0.717) is 0 Å². The second-order valence-corrected chi connectivity index (χ2v) is 13.5. The Morgan fingerprint density at radius 1 is 0.462 bits per heavy atom. The Morgan fingerprint density at radius 3 is 1.51 bits per heavy atom. The zero-order chi connectivity index (χ0) is 26.1. The van der Waals surface area contributed by atoms with Crippen molar-refractivity contribution >= 4 is 95.3 Å².